The van der Waals surface area contributed by atoms with Gasteiger partial charge in [0.1, 0.15) is 0 Å². The second kappa shape index (κ2) is 9.35. The molecule has 1 aromatic heterocycles. The van der Waals surface area contributed by atoms with Crippen LogP contribution < -0.4 is 5.32 Å². The maximum atomic E-state index is 13.2. The Morgan fingerprint density at radius 1 is 1.03 bits per heavy atom. The zero-order chi connectivity index (χ0) is 22.6. The van der Waals surface area contributed by atoms with Crippen LogP contribution in [0.4, 0.5) is 0 Å². The van der Waals surface area contributed by atoms with Gasteiger partial charge < -0.3 is 10.2 Å². The molecule has 0 spiro atoms. The summed E-state index contributed by atoms with van der Waals surface area (Å²) in [7, 11) is 0. The molecule has 0 radical (unpaired) electrons. The first-order chi connectivity index (χ1) is 15.5. The Bertz CT molecular complexity index is 1100. The highest BCUT2D eigenvalue weighted by molar-refractivity contribution is 5.95. The summed E-state index contributed by atoms with van der Waals surface area (Å²) in [6.45, 7) is 5.56. The molecule has 2 heterocycles. The van der Waals surface area contributed by atoms with E-state index >= 15 is 0 Å². The summed E-state index contributed by atoms with van der Waals surface area (Å²) < 4.78 is 0. The van der Waals surface area contributed by atoms with E-state index in [4.69, 9.17) is 0 Å². The number of aromatic nitrogens is 1. The molecule has 0 saturated carbocycles. The third-order valence-corrected chi connectivity index (χ3v) is 6.24. The Labute approximate surface area is 189 Å². The smallest absolute Gasteiger partial charge is 0.253 e. The normalized spacial score (nSPS) is 17.9. The largest absolute Gasteiger partial charge is 0.356 e. The second-order valence-electron chi connectivity index (χ2n) is 8.60. The van der Waals surface area contributed by atoms with Crippen LogP contribution in [-0.4, -0.2) is 41.3 Å². The van der Waals surface area contributed by atoms with Crippen molar-refractivity contribution in [2.45, 2.75) is 26.7 Å². The third-order valence-electron chi connectivity index (χ3n) is 6.24. The van der Waals surface area contributed by atoms with Gasteiger partial charge in [-0.3, -0.25) is 14.6 Å². The Balaban J connectivity index is 1.59. The zero-order valence-electron chi connectivity index (χ0n) is 18.7. The quantitative estimate of drug-likeness (QED) is 0.639. The Hall–Kier alpha value is -3.47. The van der Waals surface area contributed by atoms with E-state index in [0.717, 1.165) is 16.7 Å². The predicted molar refractivity (Wildman–Crippen MR) is 126 cm³/mol. The molecule has 1 saturated heterocycles. The summed E-state index contributed by atoms with van der Waals surface area (Å²) in [5, 5.41) is 3.01. The standard InChI is InChI=1S/C27H29N3O2/c1-3-29-26(32)27(13-16-30(19-27)25(31)23-11-14-28-15-12-23)18-21-5-4-6-24(17-21)22-9-7-20(2)8-10-22/h4-12,14-15,17H,3,13,16,18-19H2,1-2H3,(H,29,32)/t27-/m1/s1. The van der Waals surface area contributed by atoms with Gasteiger partial charge in [0, 0.05) is 37.6 Å². The van der Waals surface area contributed by atoms with Gasteiger partial charge in [-0.15, -0.1) is 0 Å². The lowest BCUT2D eigenvalue weighted by molar-refractivity contribution is -0.130. The number of rotatable bonds is 6. The molecule has 1 aliphatic heterocycles. The second-order valence-corrected chi connectivity index (χ2v) is 8.60. The summed E-state index contributed by atoms with van der Waals surface area (Å²) in [5.74, 6) is -0.0299. The van der Waals surface area contributed by atoms with E-state index in [1.807, 2.05) is 13.0 Å². The fraction of sp³-hybridized carbons (Fsp3) is 0.296. The fourth-order valence-electron chi connectivity index (χ4n) is 4.48. The van der Waals surface area contributed by atoms with Crippen LogP contribution in [0.15, 0.2) is 73.1 Å². The molecule has 5 nitrogen and oxygen atoms in total. The van der Waals surface area contributed by atoms with Crippen LogP contribution in [0.5, 0.6) is 0 Å². The molecule has 32 heavy (non-hydrogen) atoms. The van der Waals surface area contributed by atoms with Crippen molar-refractivity contribution in [3.8, 4) is 11.1 Å². The van der Waals surface area contributed by atoms with E-state index in [2.05, 4.69) is 59.7 Å². The van der Waals surface area contributed by atoms with Crippen molar-refractivity contribution in [3.05, 3.63) is 89.7 Å². The molecular weight excluding hydrogens is 398 g/mol. The molecule has 1 N–H and O–H groups in total. The van der Waals surface area contributed by atoms with Crippen LogP contribution in [0.2, 0.25) is 0 Å². The lowest BCUT2D eigenvalue weighted by Gasteiger charge is -2.28. The van der Waals surface area contributed by atoms with Crippen LogP contribution in [-0.2, 0) is 11.2 Å². The monoisotopic (exact) mass is 427 g/mol. The summed E-state index contributed by atoms with van der Waals surface area (Å²) >= 11 is 0. The van der Waals surface area contributed by atoms with Crippen LogP contribution in [0.25, 0.3) is 11.1 Å². The minimum atomic E-state index is -0.634. The first kappa shape index (κ1) is 21.8. The molecule has 164 valence electrons. The van der Waals surface area contributed by atoms with Gasteiger partial charge >= 0.3 is 0 Å². The van der Waals surface area contributed by atoms with Crippen molar-refractivity contribution >= 4 is 11.8 Å². The molecular formula is C27H29N3O2. The van der Waals surface area contributed by atoms with Crippen molar-refractivity contribution < 1.29 is 9.59 Å². The van der Waals surface area contributed by atoms with Crippen molar-refractivity contribution in [3.63, 3.8) is 0 Å². The molecule has 3 aromatic rings. The van der Waals surface area contributed by atoms with Crippen LogP contribution in [0.1, 0.15) is 34.8 Å². The Kier molecular flexibility index (Phi) is 6.35. The molecule has 5 heteroatoms. The number of carbonyl (C=O) groups excluding carboxylic acids is 2. The lowest BCUT2D eigenvalue weighted by atomic mass is 9.79. The molecule has 1 aliphatic rings. The lowest BCUT2D eigenvalue weighted by Crippen LogP contribution is -2.45. The number of amides is 2. The minimum absolute atomic E-state index is 0.0192. The summed E-state index contributed by atoms with van der Waals surface area (Å²) in [6, 6.07) is 20.3. The number of nitrogens with zero attached hydrogens (tertiary/aromatic N) is 2. The highest BCUT2D eigenvalue weighted by Crippen LogP contribution is 2.36. The first-order valence-corrected chi connectivity index (χ1v) is 11.1. The average molecular weight is 428 g/mol. The van der Waals surface area contributed by atoms with Gasteiger partial charge in [-0.2, -0.15) is 0 Å². The van der Waals surface area contributed by atoms with Crippen molar-refractivity contribution in [1.82, 2.24) is 15.2 Å². The van der Waals surface area contributed by atoms with E-state index in [0.29, 0.717) is 38.0 Å². The van der Waals surface area contributed by atoms with Gasteiger partial charge in [0.05, 0.1) is 5.41 Å². The van der Waals surface area contributed by atoms with E-state index in [-0.39, 0.29) is 11.8 Å². The average Bonchev–Trinajstić information content (AvgIpc) is 3.25. The maximum absolute atomic E-state index is 13.2. The molecule has 0 unspecified atom stereocenters. The molecule has 4 rings (SSSR count). The summed E-state index contributed by atoms with van der Waals surface area (Å²) in [5.41, 5.74) is 4.59. The summed E-state index contributed by atoms with van der Waals surface area (Å²) in [6.07, 6.45) is 4.48. The van der Waals surface area contributed by atoms with Gasteiger partial charge in [0.25, 0.3) is 5.91 Å². The molecule has 2 aromatic carbocycles. The van der Waals surface area contributed by atoms with E-state index < -0.39 is 5.41 Å². The predicted octanol–water partition coefficient (Wildman–Crippen LogP) is 4.27. The van der Waals surface area contributed by atoms with E-state index in [1.165, 1.54) is 5.56 Å². The topological polar surface area (TPSA) is 62.3 Å². The van der Waals surface area contributed by atoms with Crippen LogP contribution in [0, 0.1) is 12.3 Å². The zero-order valence-corrected chi connectivity index (χ0v) is 18.7. The SMILES string of the molecule is CCNC(=O)[C@@]1(Cc2cccc(-c3ccc(C)cc3)c2)CCN(C(=O)c2ccncc2)C1. The van der Waals surface area contributed by atoms with Gasteiger partial charge in [-0.25, -0.2) is 0 Å². The number of hydrogen-bond donors (Lipinski definition) is 1. The first-order valence-electron chi connectivity index (χ1n) is 11.1. The number of benzene rings is 2. The van der Waals surface area contributed by atoms with Crippen molar-refractivity contribution in [1.29, 1.82) is 0 Å². The fourth-order valence-corrected chi connectivity index (χ4v) is 4.48. The molecule has 1 fully saturated rings. The third kappa shape index (κ3) is 4.57. The van der Waals surface area contributed by atoms with Crippen molar-refractivity contribution in [2.24, 2.45) is 5.41 Å². The number of aryl methyl sites for hydroxylation is 1. The highest BCUT2D eigenvalue weighted by atomic mass is 16.2. The molecule has 0 aliphatic carbocycles. The molecule has 2 amide bonds. The van der Waals surface area contributed by atoms with Gasteiger partial charge in [0.15, 0.2) is 0 Å². The van der Waals surface area contributed by atoms with E-state index in [1.54, 1.807) is 29.4 Å². The van der Waals surface area contributed by atoms with Gasteiger partial charge in [-0.1, -0.05) is 54.1 Å². The van der Waals surface area contributed by atoms with Crippen molar-refractivity contribution in [2.75, 3.05) is 19.6 Å². The van der Waals surface area contributed by atoms with Gasteiger partial charge in [-0.05, 0) is 55.5 Å². The number of pyridine rings is 1. The number of hydrogen-bond acceptors (Lipinski definition) is 3. The number of carbonyl (C=O) groups is 2. The highest BCUT2D eigenvalue weighted by Gasteiger charge is 2.45. The maximum Gasteiger partial charge on any atom is 0.253 e. The molecule has 0 bridgehead atoms. The van der Waals surface area contributed by atoms with Crippen LogP contribution in [0.3, 0.4) is 0 Å². The Morgan fingerprint density at radius 3 is 2.50 bits per heavy atom. The minimum Gasteiger partial charge on any atom is -0.356 e. The number of nitrogens with one attached hydrogen (secondary N) is 1. The Morgan fingerprint density at radius 2 is 1.78 bits per heavy atom. The van der Waals surface area contributed by atoms with Crippen LogP contribution >= 0.6 is 0 Å². The van der Waals surface area contributed by atoms with E-state index in [9.17, 15) is 9.59 Å². The summed E-state index contributed by atoms with van der Waals surface area (Å²) in [4.78, 5) is 32.0. The van der Waals surface area contributed by atoms with Gasteiger partial charge in [0.2, 0.25) is 5.91 Å². The molecule has 1 atom stereocenters. The number of likely N-dealkylation sites (tertiary alicyclic amines) is 1.